The van der Waals surface area contributed by atoms with Gasteiger partial charge in [-0.05, 0) is 48.5 Å². The van der Waals surface area contributed by atoms with E-state index < -0.39 is 0 Å². The molecule has 0 radical (unpaired) electrons. The molecule has 4 aromatic rings. The molecule has 1 aromatic heterocycles. The summed E-state index contributed by atoms with van der Waals surface area (Å²) in [7, 11) is 0. The van der Waals surface area contributed by atoms with E-state index in [1.165, 1.54) is 11.8 Å². The summed E-state index contributed by atoms with van der Waals surface area (Å²) in [5.74, 6) is 0.790. The fourth-order valence-electron chi connectivity index (χ4n) is 2.82. The quantitative estimate of drug-likeness (QED) is 0.327. The number of amides is 1. The van der Waals surface area contributed by atoms with E-state index in [0.29, 0.717) is 21.7 Å². The number of para-hydroxylation sites is 1. The number of hydrogen-bond donors (Lipinski definition) is 1. The number of nitrogens with zero attached hydrogens (tertiary/aromatic N) is 3. The summed E-state index contributed by atoms with van der Waals surface area (Å²) in [4.78, 5) is 12.4. The highest BCUT2D eigenvalue weighted by molar-refractivity contribution is 9.10. The van der Waals surface area contributed by atoms with Gasteiger partial charge in [-0.2, -0.15) is 0 Å². The van der Waals surface area contributed by atoms with Crippen LogP contribution in [0.4, 0.5) is 5.69 Å². The van der Waals surface area contributed by atoms with Crippen LogP contribution in [-0.4, -0.2) is 26.4 Å². The maximum Gasteiger partial charge on any atom is 0.234 e. The van der Waals surface area contributed by atoms with E-state index in [2.05, 4.69) is 31.4 Å². The highest BCUT2D eigenvalue weighted by Crippen LogP contribution is 2.28. The van der Waals surface area contributed by atoms with Crippen molar-refractivity contribution in [3.05, 3.63) is 88.4 Å². The van der Waals surface area contributed by atoms with E-state index in [-0.39, 0.29) is 11.7 Å². The van der Waals surface area contributed by atoms with E-state index in [1.54, 1.807) is 24.3 Å². The lowest BCUT2D eigenvalue weighted by molar-refractivity contribution is -0.113. The molecular weight excluding hydrogens is 484 g/mol. The number of carbonyl (C=O) groups excluding carboxylic acids is 1. The molecule has 0 spiro atoms. The Labute approximate surface area is 191 Å². The van der Waals surface area contributed by atoms with Crippen LogP contribution in [0.1, 0.15) is 0 Å². The Morgan fingerprint density at radius 1 is 0.967 bits per heavy atom. The number of hydrogen-bond acceptors (Lipinski definition) is 4. The van der Waals surface area contributed by atoms with Crippen molar-refractivity contribution in [3.8, 4) is 17.1 Å². The molecule has 0 fully saturated rings. The van der Waals surface area contributed by atoms with Crippen LogP contribution in [0.15, 0.2) is 88.5 Å². The SMILES string of the molecule is O=C(CSc1nnc(-c2ccc(Br)cc2)n1-c1ccccc1)Nc1ccc(Cl)cc1. The van der Waals surface area contributed by atoms with E-state index in [0.717, 1.165) is 15.7 Å². The Morgan fingerprint density at radius 3 is 2.37 bits per heavy atom. The van der Waals surface area contributed by atoms with Gasteiger partial charge in [0.25, 0.3) is 0 Å². The van der Waals surface area contributed by atoms with Gasteiger partial charge in [-0.25, -0.2) is 0 Å². The second kappa shape index (κ2) is 9.47. The lowest BCUT2D eigenvalue weighted by Gasteiger charge is -2.10. The number of aromatic nitrogens is 3. The number of rotatable bonds is 6. The molecule has 1 heterocycles. The number of benzene rings is 3. The number of carbonyl (C=O) groups is 1. The molecule has 4 rings (SSSR count). The molecule has 1 N–H and O–H groups in total. The van der Waals surface area contributed by atoms with Crippen LogP contribution in [0, 0.1) is 0 Å². The smallest absolute Gasteiger partial charge is 0.234 e. The minimum absolute atomic E-state index is 0.130. The lowest BCUT2D eigenvalue weighted by Crippen LogP contribution is -2.14. The van der Waals surface area contributed by atoms with Crippen molar-refractivity contribution in [2.45, 2.75) is 5.16 Å². The maximum absolute atomic E-state index is 12.4. The summed E-state index contributed by atoms with van der Waals surface area (Å²) in [6, 6.07) is 24.8. The van der Waals surface area contributed by atoms with Gasteiger partial charge in [-0.1, -0.05) is 69.6 Å². The number of nitrogens with one attached hydrogen (secondary N) is 1. The first-order valence-corrected chi connectivity index (χ1v) is 11.2. The van der Waals surface area contributed by atoms with Crippen molar-refractivity contribution in [1.29, 1.82) is 0 Å². The lowest BCUT2D eigenvalue weighted by atomic mass is 10.2. The Morgan fingerprint density at radius 2 is 1.67 bits per heavy atom. The van der Waals surface area contributed by atoms with Crippen molar-refractivity contribution in [3.63, 3.8) is 0 Å². The zero-order valence-electron chi connectivity index (χ0n) is 15.6. The summed E-state index contributed by atoms with van der Waals surface area (Å²) >= 11 is 10.7. The highest BCUT2D eigenvalue weighted by Gasteiger charge is 2.17. The van der Waals surface area contributed by atoms with Crippen LogP contribution >= 0.6 is 39.3 Å². The van der Waals surface area contributed by atoms with Crippen LogP contribution < -0.4 is 5.32 Å². The standard InChI is InChI=1S/C22H16BrClN4OS/c23-16-8-6-15(7-9-16)21-26-27-22(28(21)19-4-2-1-3-5-19)30-14-20(29)25-18-12-10-17(24)11-13-18/h1-13H,14H2,(H,25,29). The Kier molecular flexibility index (Phi) is 6.52. The molecule has 1 amide bonds. The van der Waals surface area contributed by atoms with Crippen molar-refractivity contribution in [1.82, 2.24) is 14.8 Å². The molecule has 30 heavy (non-hydrogen) atoms. The molecule has 0 unspecified atom stereocenters. The maximum atomic E-state index is 12.4. The predicted molar refractivity (Wildman–Crippen MR) is 125 cm³/mol. The first kappa shape index (κ1) is 20.7. The highest BCUT2D eigenvalue weighted by atomic mass is 79.9. The largest absolute Gasteiger partial charge is 0.325 e. The van der Waals surface area contributed by atoms with E-state index >= 15 is 0 Å². The van der Waals surface area contributed by atoms with Crippen LogP contribution in [-0.2, 0) is 4.79 Å². The third-order valence-electron chi connectivity index (χ3n) is 4.21. The third kappa shape index (κ3) is 4.92. The summed E-state index contributed by atoms with van der Waals surface area (Å²) < 4.78 is 2.95. The topological polar surface area (TPSA) is 59.8 Å². The van der Waals surface area contributed by atoms with Crippen LogP contribution in [0.5, 0.6) is 0 Å². The first-order chi connectivity index (χ1) is 14.6. The summed E-state index contributed by atoms with van der Waals surface area (Å²) in [5, 5.41) is 12.9. The molecule has 150 valence electrons. The zero-order valence-corrected chi connectivity index (χ0v) is 18.8. The monoisotopic (exact) mass is 498 g/mol. The van der Waals surface area contributed by atoms with Gasteiger partial charge < -0.3 is 5.32 Å². The fraction of sp³-hybridized carbons (Fsp3) is 0.0455. The number of halogens is 2. The average Bonchev–Trinajstić information content (AvgIpc) is 3.19. The fourth-order valence-corrected chi connectivity index (χ4v) is 3.96. The normalized spacial score (nSPS) is 10.7. The van der Waals surface area contributed by atoms with Crippen LogP contribution in [0.3, 0.4) is 0 Å². The Hall–Kier alpha value is -2.61. The van der Waals surface area contributed by atoms with Crippen molar-refractivity contribution in [2.24, 2.45) is 0 Å². The number of thioether (sulfide) groups is 1. The summed E-state index contributed by atoms with van der Waals surface area (Å²) in [6.45, 7) is 0. The zero-order chi connectivity index (χ0) is 20.9. The van der Waals surface area contributed by atoms with E-state index in [4.69, 9.17) is 11.6 Å². The van der Waals surface area contributed by atoms with Gasteiger partial charge in [0, 0.05) is 26.4 Å². The average molecular weight is 500 g/mol. The van der Waals surface area contributed by atoms with Crippen molar-refractivity contribution >= 4 is 50.9 Å². The molecule has 0 aliphatic carbocycles. The van der Waals surface area contributed by atoms with Gasteiger partial charge in [0.1, 0.15) is 0 Å². The molecule has 0 saturated heterocycles. The second-order valence-corrected chi connectivity index (χ2v) is 8.62. The van der Waals surface area contributed by atoms with Gasteiger partial charge in [0.2, 0.25) is 5.91 Å². The molecule has 5 nitrogen and oxygen atoms in total. The molecule has 0 bridgehead atoms. The molecule has 0 aliphatic rings. The Bertz CT molecular complexity index is 1150. The van der Waals surface area contributed by atoms with Gasteiger partial charge in [0.15, 0.2) is 11.0 Å². The minimum Gasteiger partial charge on any atom is -0.325 e. The van der Waals surface area contributed by atoms with Gasteiger partial charge >= 0.3 is 0 Å². The van der Waals surface area contributed by atoms with E-state index in [1.807, 2.05) is 59.2 Å². The Balaban J connectivity index is 1.57. The van der Waals surface area contributed by atoms with Crippen molar-refractivity contribution < 1.29 is 4.79 Å². The minimum atomic E-state index is -0.130. The van der Waals surface area contributed by atoms with Crippen LogP contribution in [0.25, 0.3) is 17.1 Å². The van der Waals surface area contributed by atoms with Crippen LogP contribution in [0.2, 0.25) is 5.02 Å². The van der Waals surface area contributed by atoms with Gasteiger partial charge in [-0.15, -0.1) is 10.2 Å². The van der Waals surface area contributed by atoms with Gasteiger partial charge in [-0.3, -0.25) is 9.36 Å². The molecule has 0 aliphatic heterocycles. The van der Waals surface area contributed by atoms with Crippen molar-refractivity contribution in [2.75, 3.05) is 11.1 Å². The summed E-state index contributed by atoms with van der Waals surface area (Å²) in [6.07, 6.45) is 0. The van der Waals surface area contributed by atoms with Gasteiger partial charge in [0.05, 0.1) is 5.75 Å². The molecule has 3 aromatic carbocycles. The molecule has 0 saturated carbocycles. The first-order valence-electron chi connectivity index (χ1n) is 9.05. The third-order valence-corrected chi connectivity index (χ3v) is 5.92. The molecule has 0 atom stereocenters. The summed E-state index contributed by atoms with van der Waals surface area (Å²) in [5.41, 5.74) is 2.57. The second-order valence-electron chi connectivity index (χ2n) is 6.33. The molecular formula is C22H16BrClN4OS. The predicted octanol–water partition coefficient (Wildman–Crippen LogP) is 6.08. The number of anilines is 1. The van der Waals surface area contributed by atoms with E-state index in [9.17, 15) is 4.79 Å². The molecule has 8 heteroatoms.